The summed E-state index contributed by atoms with van der Waals surface area (Å²) < 4.78 is 38.9. The normalized spacial score (nSPS) is 12.0. The maximum absolute atomic E-state index is 13.0. The van der Waals surface area contributed by atoms with Crippen molar-refractivity contribution < 1.29 is 18.3 Å². The minimum atomic E-state index is -4.45. The molecule has 0 saturated heterocycles. The summed E-state index contributed by atoms with van der Waals surface area (Å²) in [5, 5.41) is 16.0. The molecule has 7 heteroatoms. The van der Waals surface area contributed by atoms with Crippen molar-refractivity contribution in [2.75, 3.05) is 0 Å². The van der Waals surface area contributed by atoms with Crippen LogP contribution in [-0.4, -0.2) is 20.3 Å². The van der Waals surface area contributed by atoms with Gasteiger partial charge in [0.25, 0.3) is 0 Å². The number of halogens is 3. The molecule has 2 aromatic heterocycles. The molecule has 2 heterocycles. The molecule has 0 aliphatic rings. The van der Waals surface area contributed by atoms with Gasteiger partial charge in [-0.15, -0.1) is 0 Å². The largest absolute Gasteiger partial charge is 0.416 e. The average Bonchev–Trinajstić information content (AvgIpc) is 2.93. The summed E-state index contributed by atoms with van der Waals surface area (Å²) in [6, 6.07) is 3.69. The third-order valence-corrected chi connectivity index (χ3v) is 3.17. The molecular formula is C14H10F3N3O. The Hall–Kier alpha value is -2.41. The van der Waals surface area contributed by atoms with Crippen LogP contribution in [0.15, 0.2) is 36.8 Å². The Morgan fingerprint density at radius 2 is 1.90 bits per heavy atom. The molecule has 21 heavy (non-hydrogen) atoms. The van der Waals surface area contributed by atoms with Crippen LogP contribution >= 0.6 is 0 Å². The number of aliphatic hydroxyl groups is 1. The molecule has 4 nitrogen and oxygen atoms in total. The van der Waals surface area contributed by atoms with E-state index >= 15 is 0 Å². The van der Waals surface area contributed by atoms with Crippen molar-refractivity contribution in [2.45, 2.75) is 12.8 Å². The van der Waals surface area contributed by atoms with Gasteiger partial charge in [0.1, 0.15) is 0 Å². The summed E-state index contributed by atoms with van der Waals surface area (Å²) in [4.78, 5) is 3.94. The molecule has 0 fully saturated rings. The lowest BCUT2D eigenvalue weighted by Crippen LogP contribution is -2.05. The molecule has 0 saturated carbocycles. The molecule has 1 aromatic carbocycles. The molecule has 0 bridgehead atoms. The molecule has 3 rings (SSSR count). The highest BCUT2D eigenvalue weighted by molar-refractivity contribution is 5.95. The number of nitrogens with one attached hydrogen (secondary N) is 1. The SMILES string of the molecule is OCc1cncc(-c2cc(C(F)(F)F)cc3[nH]ncc23)c1. The molecule has 108 valence electrons. The van der Waals surface area contributed by atoms with Gasteiger partial charge in [-0.25, -0.2) is 0 Å². The summed E-state index contributed by atoms with van der Waals surface area (Å²) >= 11 is 0. The molecule has 0 amide bonds. The van der Waals surface area contributed by atoms with Crippen LogP contribution in [0.4, 0.5) is 13.2 Å². The fourth-order valence-corrected chi connectivity index (χ4v) is 2.18. The van der Waals surface area contributed by atoms with E-state index in [1.54, 1.807) is 6.07 Å². The monoisotopic (exact) mass is 293 g/mol. The molecule has 0 spiro atoms. The summed E-state index contributed by atoms with van der Waals surface area (Å²) in [5.41, 5.74) is 0.940. The second-order valence-corrected chi connectivity index (χ2v) is 4.59. The van der Waals surface area contributed by atoms with Gasteiger partial charge in [0, 0.05) is 23.3 Å². The highest BCUT2D eigenvalue weighted by atomic mass is 19.4. The number of H-pyrrole nitrogens is 1. The van der Waals surface area contributed by atoms with Gasteiger partial charge in [-0.05, 0) is 29.3 Å². The van der Waals surface area contributed by atoms with Crippen molar-refractivity contribution >= 4 is 10.9 Å². The first-order valence-corrected chi connectivity index (χ1v) is 6.08. The topological polar surface area (TPSA) is 61.8 Å². The van der Waals surface area contributed by atoms with E-state index < -0.39 is 11.7 Å². The Morgan fingerprint density at radius 1 is 1.10 bits per heavy atom. The first kappa shape index (κ1) is 13.6. The van der Waals surface area contributed by atoms with E-state index in [1.807, 2.05) is 0 Å². The Morgan fingerprint density at radius 3 is 2.62 bits per heavy atom. The molecule has 0 aliphatic heterocycles. The first-order chi connectivity index (χ1) is 9.99. The van der Waals surface area contributed by atoms with Gasteiger partial charge in [-0.2, -0.15) is 18.3 Å². The van der Waals surface area contributed by atoms with Crippen molar-refractivity contribution in [2.24, 2.45) is 0 Å². The van der Waals surface area contributed by atoms with Crippen LogP contribution < -0.4 is 0 Å². The van der Waals surface area contributed by atoms with E-state index in [2.05, 4.69) is 15.2 Å². The summed E-state index contributed by atoms with van der Waals surface area (Å²) in [5.74, 6) is 0. The lowest BCUT2D eigenvalue weighted by molar-refractivity contribution is -0.137. The predicted octanol–water partition coefficient (Wildman–Crippen LogP) is 3.14. The molecule has 0 aliphatic carbocycles. The number of fused-ring (bicyclic) bond motifs is 1. The summed E-state index contributed by atoms with van der Waals surface area (Å²) in [6.07, 6.45) is -0.0583. The van der Waals surface area contributed by atoms with E-state index in [9.17, 15) is 13.2 Å². The Balaban J connectivity index is 2.27. The maximum Gasteiger partial charge on any atom is 0.416 e. The lowest BCUT2D eigenvalue weighted by Gasteiger charge is -2.11. The van der Waals surface area contributed by atoms with Gasteiger partial charge < -0.3 is 5.11 Å². The van der Waals surface area contributed by atoms with E-state index in [1.165, 1.54) is 18.6 Å². The third kappa shape index (κ3) is 2.47. The van der Waals surface area contributed by atoms with Crippen LogP contribution in [0.1, 0.15) is 11.1 Å². The number of pyridine rings is 1. The number of benzene rings is 1. The van der Waals surface area contributed by atoms with E-state index in [0.29, 0.717) is 27.6 Å². The lowest BCUT2D eigenvalue weighted by atomic mass is 9.99. The third-order valence-electron chi connectivity index (χ3n) is 3.17. The van der Waals surface area contributed by atoms with Crippen LogP contribution in [0.3, 0.4) is 0 Å². The van der Waals surface area contributed by atoms with Crippen molar-refractivity contribution in [1.29, 1.82) is 0 Å². The van der Waals surface area contributed by atoms with Gasteiger partial charge >= 0.3 is 6.18 Å². The van der Waals surface area contributed by atoms with E-state index in [4.69, 9.17) is 5.11 Å². The average molecular weight is 293 g/mol. The number of aromatic nitrogens is 3. The Labute approximate surface area is 117 Å². The van der Waals surface area contributed by atoms with Gasteiger partial charge in [0.15, 0.2) is 0 Å². The number of nitrogens with zero attached hydrogens (tertiary/aromatic N) is 2. The molecular weight excluding hydrogens is 283 g/mol. The molecule has 0 radical (unpaired) electrons. The molecule has 3 aromatic rings. The standard InChI is InChI=1S/C14H10F3N3O/c15-14(16,17)10-2-11(12-6-19-20-13(12)3-10)9-1-8(7-21)4-18-5-9/h1-6,21H,7H2,(H,19,20). The fraction of sp³-hybridized carbons (Fsp3) is 0.143. The van der Waals surface area contributed by atoms with Crippen LogP contribution in [-0.2, 0) is 12.8 Å². The number of hydrogen-bond donors (Lipinski definition) is 2. The number of aromatic amines is 1. The second kappa shape index (κ2) is 4.85. The fourth-order valence-electron chi connectivity index (χ4n) is 2.18. The van der Waals surface area contributed by atoms with E-state index in [-0.39, 0.29) is 6.61 Å². The smallest absolute Gasteiger partial charge is 0.392 e. The number of aliphatic hydroxyl groups excluding tert-OH is 1. The van der Waals surface area contributed by atoms with Crippen molar-refractivity contribution in [3.05, 3.63) is 47.9 Å². The van der Waals surface area contributed by atoms with Crippen LogP contribution in [0.2, 0.25) is 0 Å². The molecule has 0 atom stereocenters. The van der Waals surface area contributed by atoms with Crippen LogP contribution in [0.5, 0.6) is 0 Å². The van der Waals surface area contributed by atoms with Gasteiger partial charge in [-0.3, -0.25) is 10.1 Å². The molecule has 2 N–H and O–H groups in total. The zero-order chi connectivity index (χ0) is 15.0. The second-order valence-electron chi connectivity index (χ2n) is 4.59. The Bertz CT molecular complexity index is 796. The minimum Gasteiger partial charge on any atom is -0.392 e. The van der Waals surface area contributed by atoms with Crippen molar-refractivity contribution in [3.63, 3.8) is 0 Å². The van der Waals surface area contributed by atoms with Crippen LogP contribution in [0, 0.1) is 0 Å². The quantitative estimate of drug-likeness (QED) is 0.763. The highest BCUT2D eigenvalue weighted by Gasteiger charge is 2.31. The van der Waals surface area contributed by atoms with Gasteiger partial charge in [0.2, 0.25) is 0 Å². The van der Waals surface area contributed by atoms with Crippen molar-refractivity contribution in [3.8, 4) is 11.1 Å². The minimum absolute atomic E-state index is 0.228. The first-order valence-electron chi connectivity index (χ1n) is 6.08. The van der Waals surface area contributed by atoms with Gasteiger partial charge in [-0.1, -0.05) is 0 Å². The molecule has 0 unspecified atom stereocenters. The highest BCUT2D eigenvalue weighted by Crippen LogP contribution is 2.36. The zero-order valence-electron chi connectivity index (χ0n) is 10.6. The van der Waals surface area contributed by atoms with Crippen LogP contribution in [0.25, 0.3) is 22.0 Å². The maximum atomic E-state index is 13.0. The van der Waals surface area contributed by atoms with Gasteiger partial charge in [0.05, 0.1) is 23.9 Å². The zero-order valence-corrected chi connectivity index (χ0v) is 10.6. The number of hydrogen-bond acceptors (Lipinski definition) is 3. The number of rotatable bonds is 2. The Kier molecular flexibility index (Phi) is 3.13. The van der Waals surface area contributed by atoms with E-state index in [0.717, 1.165) is 12.1 Å². The predicted molar refractivity (Wildman–Crippen MR) is 70.2 cm³/mol. The summed E-state index contributed by atoms with van der Waals surface area (Å²) in [6.45, 7) is -0.228. The summed E-state index contributed by atoms with van der Waals surface area (Å²) in [7, 11) is 0. The number of alkyl halides is 3. The van der Waals surface area contributed by atoms with Crippen molar-refractivity contribution in [1.82, 2.24) is 15.2 Å².